The number of aromatic nitrogens is 1. The summed E-state index contributed by atoms with van der Waals surface area (Å²) in [5.41, 5.74) is 2.14. The molecule has 2 N–H and O–H groups in total. The summed E-state index contributed by atoms with van der Waals surface area (Å²) in [4.78, 5) is 6.41. The van der Waals surface area contributed by atoms with Crippen LogP contribution in [0.5, 0.6) is 5.75 Å². The van der Waals surface area contributed by atoms with Gasteiger partial charge >= 0.3 is 0 Å². The molecular weight excluding hydrogens is 376 g/mol. The van der Waals surface area contributed by atoms with Gasteiger partial charge in [-0.15, -0.1) is 0 Å². The Balaban J connectivity index is 1.35. The molecule has 1 aliphatic heterocycles. The van der Waals surface area contributed by atoms with Gasteiger partial charge in [0.15, 0.2) is 0 Å². The van der Waals surface area contributed by atoms with Crippen LogP contribution in [0.25, 0.3) is 10.8 Å². The topological polar surface area (TPSA) is 65.8 Å². The number of ether oxygens (including phenoxy) is 1. The van der Waals surface area contributed by atoms with E-state index in [0.29, 0.717) is 13.0 Å². The van der Waals surface area contributed by atoms with E-state index in [2.05, 4.69) is 33.9 Å². The number of aliphatic hydroxyl groups excluding tert-OH is 2. The fraction of sp³-hybridized carbons (Fsp3) is 0.320. The second-order valence-electron chi connectivity index (χ2n) is 7.57. The summed E-state index contributed by atoms with van der Waals surface area (Å²) in [5.74, 6) is 6.77. The molecule has 1 saturated heterocycles. The predicted molar refractivity (Wildman–Crippen MR) is 117 cm³/mol. The molecule has 5 nitrogen and oxygen atoms in total. The highest BCUT2D eigenvalue weighted by atomic mass is 16.5. The fourth-order valence-corrected chi connectivity index (χ4v) is 3.79. The fourth-order valence-electron chi connectivity index (χ4n) is 3.79. The predicted octanol–water partition coefficient (Wildman–Crippen LogP) is 2.98. The van der Waals surface area contributed by atoms with Crippen LogP contribution in [-0.4, -0.2) is 52.0 Å². The maximum atomic E-state index is 10.7. The summed E-state index contributed by atoms with van der Waals surface area (Å²) in [7, 11) is 0. The van der Waals surface area contributed by atoms with Gasteiger partial charge in [-0.05, 0) is 36.2 Å². The molecule has 0 unspecified atom stereocenters. The van der Waals surface area contributed by atoms with Crippen molar-refractivity contribution in [2.75, 3.05) is 19.7 Å². The van der Waals surface area contributed by atoms with Crippen molar-refractivity contribution in [1.29, 1.82) is 0 Å². The van der Waals surface area contributed by atoms with Gasteiger partial charge in [-0.3, -0.25) is 9.88 Å². The molecule has 0 amide bonds. The standard InChI is InChI=1S/C25H26N2O3/c28-15-2-1-4-19-7-9-20(10-8-19)17-27-14-12-25(23(29)18-27)30-24-6-3-5-21-16-26-13-11-22(21)24/h3,5-11,13,16,23,25,28-29H,2,12,14-15,17-18H2/t23-,25-/m1/s1. The Kier molecular flexibility index (Phi) is 6.60. The summed E-state index contributed by atoms with van der Waals surface area (Å²) in [6.07, 6.45) is 4.09. The largest absolute Gasteiger partial charge is 0.487 e. The smallest absolute Gasteiger partial charge is 0.127 e. The van der Waals surface area contributed by atoms with Crippen LogP contribution >= 0.6 is 0 Å². The molecule has 5 heteroatoms. The third-order valence-corrected chi connectivity index (χ3v) is 5.35. The number of likely N-dealkylation sites (tertiary alicyclic amines) is 1. The van der Waals surface area contributed by atoms with E-state index in [1.165, 1.54) is 5.56 Å². The number of pyridine rings is 1. The number of piperidine rings is 1. The van der Waals surface area contributed by atoms with Crippen molar-refractivity contribution in [3.8, 4) is 17.6 Å². The van der Waals surface area contributed by atoms with Gasteiger partial charge < -0.3 is 14.9 Å². The van der Waals surface area contributed by atoms with Crippen molar-refractivity contribution < 1.29 is 14.9 Å². The molecule has 154 valence electrons. The molecule has 0 aliphatic carbocycles. The second kappa shape index (κ2) is 9.73. The van der Waals surface area contributed by atoms with E-state index < -0.39 is 6.10 Å². The van der Waals surface area contributed by atoms with Crippen LogP contribution in [0.4, 0.5) is 0 Å². The van der Waals surface area contributed by atoms with Gasteiger partial charge in [0, 0.05) is 54.8 Å². The van der Waals surface area contributed by atoms with Gasteiger partial charge in [0.25, 0.3) is 0 Å². The lowest BCUT2D eigenvalue weighted by Crippen LogP contribution is -2.48. The van der Waals surface area contributed by atoms with Gasteiger partial charge in [0.2, 0.25) is 0 Å². The minimum absolute atomic E-state index is 0.0881. The van der Waals surface area contributed by atoms with Crippen LogP contribution in [0.3, 0.4) is 0 Å². The molecule has 1 fully saturated rings. The van der Waals surface area contributed by atoms with E-state index in [-0.39, 0.29) is 12.7 Å². The number of hydrogen-bond acceptors (Lipinski definition) is 5. The van der Waals surface area contributed by atoms with E-state index in [9.17, 15) is 5.11 Å². The zero-order chi connectivity index (χ0) is 20.8. The van der Waals surface area contributed by atoms with Gasteiger partial charge in [0.1, 0.15) is 18.0 Å². The minimum Gasteiger partial charge on any atom is -0.487 e. The molecule has 0 radical (unpaired) electrons. The highest BCUT2D eigenvalue weighted by molar-refractivity contribution is 5.87. The summed E-state index contributed by atoms with van der Waals surface area (Å²) < 4.78 is 6.20. The van der Waals surface area contributed by atoms with Crippen molar-refractivity contribution in [2.24, 2.45) is 0 Å². The summed E-state index contributed by atoms with van der Waals surface area (Å²) in [6, 6.07) is 16.0. The summed E-state index contributed by atoms with van der Waals surface area (Å²) in [6.45, 7) is 2.32. The highest BCUT2D eigenvalue weighted by Crippen LogP contribution is 2.28. The number of benzene rings is 2. The lowest BCUT2D eigenvalue weighted by molar-refractivity contribution is -0.0268. The Morgan fingerprint density at radius 1 is 1.13 bits per heavy atom. The van der Waals surface area contributed by atoms with Crippen LogP contribution in [0.15, 0.2) is 60.9 Å². The van der Waals surface area contributed by atoms with Crippen LogP contribution < -0.4 is 4.74 Å². The van der Waals surface area contributed by atoms with E-state index in [1.807, 2.05) is 42.6 Å². The first kappa shape index (κ1) is 20.4. The second-order valence-corrected chi connectivity index (χ2v) is 7.57. The van der Waals surface area contributed by atoms with Crippen molar-refractivity contribution in [3.63, 3.8) is 0 Å². The van der Waals surface area contributed by atoms with Gasteiger partial charge in [-0.1, -0.05) is 36.1 Å². The van der Waals surface area contributed by atoms with Crippen molar-refractivity contribution in [2.45, 2.75) is 31.6 Å². The lowest BCUT2D eigenvalue weighted by atomic mass is 10.0. The van der Waals surface area contributed by atoms with Crippen LogP contribution in [0.1, 0.15) is 24.0 Å². The quantitative estimate of drug-likeness (QED) is 0.643. The molecule has 4 rings (SSSR count). The normalized spacial score (nSPS) is 19.3. The Labute approximate surface area is 176 Å². The molecular formula is C25H26N2O3. The zero-order valence-corrected chi connectivity index (χ0v) is 16.9. The van der Waals surface area contributed by atoms with Crippen molar-refractivity contribution >= 4 is 10.8 Å². The number of nitrogens with zero attached hydrogens (tertiary/aromatic N) is 2. The van der Waals surface area contributed by atoms with Crippen LogP contribution in [-0.2, 0) is 6.54 Å². The Hall–Kier alpha value is -2.91. The first-order valence-corrected chi connectivity index (χ1v) is 10.3. The number of aliphatic hydroxyl groups is 2. The molecule has 2 heterocycles. The molecule has 1 aliphatic rings. The highest BCUT2D eigenvalue weighted by Gasteiger charge is 2.29. The lowest BCUT2D eigenvalue weighted by Gasteiger charge is -2.36. The SMILES string of the molecule is OCCC#Cc1ccc(CN2CC[C@@H](Oc3cccc4cnccc34)[C@H](O)C2)cc1. The number of β-amino-alcohol motifs (C(OH)–C–C–N with tert-alkyl or cyclic N) is 1. The molecule has 1 aromatic heterocycles. The molecule has 2 aromatic carbocycles. The zero-order valence-electron chi connectivity index (χ0n) is 16.9. The molecule has 3 aromatic rings. The number of hydrogen-bond donors (Lipinski definition) is 2. The number of rotatable bonds is 5. The van der Waals surface area contributed by atoms with E-state index in [0.717, 1.165) is 41.6 Å². The average molecular weight is 402 g/mol. The van der Waals surface area contributed by atoms with Crippen LogP contribution in [0.2, 0.25) is 0 Å². The van der Waals surface area contributed by atoms with Gasteiger partial charge in [0.05, 0.1) is 6.61 Å². The maximum absolute atomic E-state index is 10.7. The Morgan fingerprint density at radius 3 is 2.80 bits per heavy atom. The summed E-state index contributed by atoms with van der Waals surface area (Å²) >= 11 is 0. The third kappa shape index (κ3) is 4.98. The monoisotopic (exact) mass is 402 g/mol. The molecule has 30 heavy (non-hydrogen) atoms. The van der Waals surface area contributed by atoms with Crippen molar-refractivity contribution in [3.05, 3.63) is 72.1 Å². The molecule has 0 spiro atoms. The van der Waals surface area contributed by atoms with Crippen molar-refractivity contribution in [1.82, 2.24) is 9.88 Å². The Bertz CT molecular complexity index is 1030. The first-order valence-electron chi connectivity index (χ1n) is 10.3. The van der Waals surface area contributed by atoms with E-state index in [4.69, 9.17) is 9.84 Å². The maximum Gasteiger partial charge on any atom is 0.127 e. The molecule has 0 saturated carbocycles. The Morgan fingerprint density at radius 2 is 2.00 bits per heavy atom. The van der Waals surface area contributed by atoms with E-state index >= 15 is 0 Å². The molecule has 2 atom stereocenters. The third-order valence-electron chi connectivity index (χ3n) is 5.35. The molecule has 0 bridgehead atoms. The number of fused-ring (bicyclic) bond motifs is 1. The van der Waals surface area contributed by atoms with Gasteiger partial charge in [-0.2, -0.15) is 0 Å². The average Bonchev–Trinajstić information content (AvgIpc) is 2.77. The van der Waals surface area contributed by atoms with Gasteiger partial charge in [-0.25, -0.2) is 0 Å². The summed E-state index contributed by atoms with van der Waals surface area (Å²) in [5, 5.41) is 21.5. The van der Waals surface area contributed by atoms with Crippen LogP contribution in [0, 0.1) is 11.8 Å². The first-order chi connectivity index (χ1) is 14.7. The minimum atomic E-state index is -0.542. The van der Waals surface area contributed by atoms with E-state index in [1.54, 1.807) is 6.20 Å².